The molecule has 1 heterocycles. The molecule has 0 radical (unpaired) electrons. The number of hydrogen-bond acceptors (Lipinski definition) is 5. The van der Waals surface area contributed by atoms with Gasteiger partial charge in [0.1, 0.15) is 6.04 Å². The monoisotopic (exact) mass is 413 g/mol. The first-order valence-electron chi connectivity index (χ1n) is 8.40. The first-order valence-corrected chi connectivity index (χ1v) is 9.88. The fourth-order valence-electron chi connectivity index (χ4n) is 2.70. The Labute approximate surface area is 165 Å². The molecule has 1 amide bonds. The second-order valence-corrected chi connectivity index (χ2v) is 8.22. The van der Waals surface area contributed by atoms with Gasteiger partial charge in [-0.2, -0.15) is 5.10 Å². The summed E-state index contributed by atoms with van der Waals surface area (Å²) >= 11 is 0. The van der Waals surface area contributed by atoms with Crippen LogP contribution in [0.4, 0.5) is 5.69 Å². The Bertz CT molecular complexity index is 924. The Kier molecular flexibility index (Phi) is 6.63. The lowest BCUT2D eigenvalue weighted by Gasteiger charge is -2.16. The van der Waals surface area contributed by atoms with Crippen molar-refractivity contribution in [3.8, 4) is 0 Å². The molecule has 1 unspecified atom stereocenters. The van der Waals surface area contributed by atoms with Gasteiger partial charge in [-0.3, -0.25) is 9.48 Å². The molecule has 1 aliphatic carbocycles. The maximum atomic E-state index is 12.6. The molecule has 1 aromatic carbocycles. The zero-order chi connectivity index (χ0) is 18.9. The number of benzene rings is 1. The van der Waals surface area contributed by atoms with Gasteiger partial charge in [0.15, 0.2) is 0 Å². The Morgan fingerprint density at radius 2 is 2.04 bits per heavy atom. The van der Waals surface area contributed by atoms with Gasteiger partial charge < -0.3 is 10.6 Å². The normalized spacial score (nSPS) is 15.1. The molecular formula is C17H24ClN5O3S. The summed E-state index contributed by atoms with van der Waals surface area (Å²) in [7, 11) is -0.133. The molecule has 1 aliphatic rings. The van der Waals surface area contributed by atoms with Crippen molar-refractivity contribution in [2.45, 2.75) is 36.7 Å². The van der Waals surface area contributed by atoms with Crippen LogP contribution in [0.15, 0.2) is 35.5 Å². The average Bonchev–Trinajstić information content (AvgIpc) is 3.28. The number of hydrogen-bond donors (Lipinski definition) is 3. The highest BCUT2D eigenvalue weighted by Gasteiger charge is 2.29. The quantitative estimate of drug-likeness (QED) is 0.637. The smallest absolute Gasteiger partial charge is 0.246 e. The van der Waals surface area contributed by atoms with Crippen LogP contribution in [0.3, 0.4) is 0 Å². The van der Waals surface area contributed by atoms with Gasteiger partial charge in [0, 0.05) is 30.5 Å². The van der Waals surface area contributed by atoms with Crippen LogP contribution in [0.5, 0.6) is 0 Å². The molecule has 1 saturated carbocycles. The predicted molar refractivity (Wildman–Crippen MR) is 105 cm³/mol. The van der Waals surface area contributed by atoms with Crippen molar-refractivity contribution in [1.29, 1.82) is 0 Å². The number of nitrogens with one attached hydrogen (secondary N) is 3. The van der Waals surface area contributed by atoms with Crippen LogP contribution in [0, 0.1) is 6.92 Å². The highest BCUT2D eigenvalue weighted by atomic mass is 35.5. The number of nitrogens with zero attached hydrogens (tertiary/aromatic N) is 2. The third-order valence-electron chi connectivity index (χ3n) is 4.25. The van der Waals surface area contributed by atoms with Gasteiger partial charge in [-0.05, 0) is 44.5 Å². The summed E-state index contributed by atoms with van der Waals surface area (Å²) in [5.41, 5.74) is 1.79. The van der Waals surface area contributed by atoms with Crippen molar-refractivity contribution in [2.75, 3.05) is 12.4 Å². The number of aromatic nitrogens is 2. The van der Waals surface area contributed by atoms with Gasteiger partial charge in [0.05, 0.1) is 11.1 Å². The first kappa shape index (κ1) is 21.4. The molecule has 10 heteroatoms. The lowest BCUT2D eigenvalue weighted by molar-refractivity contribution is -0.118. The van der Waals surface area contributed by atoms with E-state index in [0.717, 1.165) is 18.4 Å². The molecule has 0 saturated heterocycles. The molecule has 148 valence electrons. The number of anilines is 1. The molecule has 1 fully saturated rings. The molecule has 27 heavy (non-hydrogen) atoms. The molecule has 2 aromatic rings. The second kappa shape index (κ2) is 8.39. The van der Waals surface area contributed by atoms with Crippen LogP contribution in [0.2, 0.25) is 0 Å². The Morgan fingerprint density at radius 1 is 1.33 bits per heavy atom. The van der Waals surface area contributed by atoms with Crippen LogP contribution in [-0.4, -0.2) is 37.2 Å². The van der Waals surface area contributed by atoms with E-state index < -0.39 is 16.1 Å². The third-order valence-corrected chi connectivity index (χ3v) is 5.92. The largest absolute Gasteiger partial charge is 0.324 e. The van der Waals surface area contributed by atoms with Crippen LogP contribution >= 0.6 is 12.4 Å². The van der Waals surface area contributed by atoms with Crippen LogP contribution < -0.4 is 15.4 Å². The highest BCUT2D eigenvalue weighted by Crippen LogP contribution is 2.26. The summed E-state index contributed by atoms with van der Waals surface area (Å²) in [5, 5.41) is 9.80. The minimum atomic E-state index is -3.59. The maximum Gasteiger partial charge on any atom is 0.246 e. The number of halogens is 1. The number of carbonyl (C=O) groups is 1. The lowest BCUT2D eigenvalue weighted by Crippen LogP contribution is -2.30. The lowest BCUT2D eigenvalue weighted by atomic mass is 10.1. The number of rotatable bonds is 7. The second-order valence-electron chi connectivity index (χ2n) is 6.53. The SMILES string of the molecule is CNC(C(=O)Nc1ccc(C)c(S(=O)(=O)NC2CC2)c1)c1cnn(C)c1.Cl. The minimum Gasteiger partial charge on any atom is -0.324 e. The van der Waals surface area contributed by atoms with Crippen molar-refractivity contribution in [3.63, 3.8) is 0 Å². The van der Waals surface area contributed by atoms with E-state index in [1.165, 1.54) is 6.07 Å². The number of likely N-dealkylation sites (N-methyl/N-ethyl adjacent to an activating group) is 1. The molecule has 0 bridgehead atoms. The molecule has 0 aliphatic heterocycles. The summed E-state index contributed by atoms with van der Waals surface area (Å²) < 4.78 is 29.3. The number of aryl methyl sites for hydroxylation is 2. The van der Waals surface area contributed by atoms with Crippen molar-refractivity contribution in [2.24, 2.45) is 7.05 Å². The van der Waals surface area contributed by atoms with E-state index in [1.807, 2.05) is 0 Å². The Balaban J connectivity index is 0.00000261. The van der Waals surface area contributed by atoms with Crippen molar-refractivity contribution in [1.82, 2.24) is 19.8 Å². The molecule has 0 spiro atoms. The molecule has 3 N–H and O–H groups in total. The summed E-state index contributed by atoms with van der Waals surface area (Å²) in [5.74, 6) is -0.289. The van der Waals surface area contributed by atoms with Gasteiger partial charge >= 0.3 is 0 Å². The zero-order valence-corrected chi connectivity index (χ0v) is 17.0. The minimum absolute atomic E-state index is 0. The zero-order valence-electron chi connectivity index (χ0n) is 15.4. The van der Waals surface area contributed by atoms with E-state index >= 15 is 0 Å². The average molecular weight is 414 g/mol. The van der Waals surface area contributed by atoms with Gasteiger partial charge in [-0.25, -0.2) is 13.1 Å². The summed E-state index contributed by atoms with van der Waals surface area (Å²) in [6, 6.07) is 4.31. The van der Waals surface area contributed by atoms with E-state index in [2.05, 4.69) is 20.5 Å². The Morgan fingerprint density at radius 3 is 2.59 bits per heavy atom. The maximum absolute atomic E-state index is 12.6. The number of carbonyl (C=O) groups excluding carboxylic acids is 1. The molecule has 3 rings (SSSR count). The van der Waals surface area contributed by atoms with Gasteiger partial charge in [-0.15, -0.1) is 12.4 Å². The summed E-state index contributed by atoms with van der Waals surface area (Å²) in [6.07, 6.45) is 5.10. The van der Waals surface area contributed by atoms with Crippen molar-refractivity contribution < 1.29 is 13.2 Å². The fraction of sp³-hybridized carbons (Fsp3) is 0.412. The van der Waals surface area contributed by atoms with Crippen molar-refractivity contribution in [3.05, 3.63) is 41.7 Å². The first-order chi connectivity index (χ1) is 12.3. The van der Waals surface area contributed by atoms with E-state index in [1.54, 1.807) is 50.2 Å². The van der Waals surface area contributed by atoms with Gasteiger partial charge in [0.25, 0.3) is 0 Å². The van der Waals surface area contributed by atoms with E-state index in [9.17, 15) is 13.2 Å². The fourth-order valence-corrected chi connectivity index (χ4v) is 4.28. The van der Waals surface area contributed by atoms with Gasteiger partial charge in [0.2, 0.25) is 15.9 Å². The van der Waals surface area contributed by atoms with Crippen LogP contribution in [0.1, 0.15) is 30.0 Å². The molecule has 8 nitrogen and oxygen atoms in total. The molecular weight excluding hydrogens is 390 g/mol. The molecule has 1 aromatic heterocycles. The number of sulfonamides is 1. The third kappa shape index (κ3) is 5.07. The number of amides is 1. The summed E-state index contributed by atoms with van der Waals surface area (Å²) in [4.78, 5) is 12.8. The van der Waals surface area contributed by atoms with E-state index in [4.69, 9.17) is 0 Å². The van der Waals surface area contributed by atoms with Crippen LogP contribution in [0.25, 0.3) is 0 Å². The van der Waals surface area contributed by atoms with Gasteiger partial charge in [-0.1, -0.05) is 6.07 Å². The highest BCUT2D eigenvalue weighted by molar-refractivity contribution is 7.89. The van der Waals surface area contributed by atoms with E-state index in [-0.39, 0.29) is 29.3 Å². The molecule has 1 atom stereocenters. The van der Waals surface area contributed by atoms with E-state index in [0.29, 0.717) is 11.3 Å². The Hall–Kier alpha value is -1.94. The van der Waals surface area contributed by atoms with Crippen LogP contribution in [-0.2, 0) is 21.9 Å². The topological polar surface area (TPSA) is 105 Å². The van der Waals surface area contributed by atoms with Crippen molar-refractivity contribution >= 4 is 34.0 Å². The summed E-state index contributed by atoms with van der Waals surface area (Å²) in [6.45, 7) is 1.74. The standard InChI is InChI=1S/C17H23N5O3S.ClH/c1-11-4-5-14(8-15(11)26(24,25)21-13-6-7-13)20-17(23)16(18-2)12-9-19-22(3)10-12;/h4-5,8-10,13,16,18,21H,6-7H2,1-3H3,(H,20,23);1H. The predicted octanol–water partition coefficient (Wildman–Crippen LogP) is 1.49.